The Balaban J connectivity index is 1.53. The average molecular weight is 514 g/mol. The van der Waals surface area contributed by atoms with Gasteiger partial charge in [0.05, 0.1) is 17.0 Å². The molecule has 0 aliphatic carbocycles. The minimum absolute atomic E-state index is 0.0137. The van der Waals surface area contributed by atoms with Gasteiger partial charge in [-0.15, -0.1) is 0 Å². The van der Waals surface area contributed by atoms with Crippen molar-refractivity contribution in [3.8, 4) is 0 Å². The summed E-state index contributed by atoms with van der Waals surface area (Å²) in [5.74, 6) is -2.76. The van der Waals surface area contributed by atoms with Crippen LogP contribution in [0, 0.1) is 0 Å². The number of benzene rings is 1. The average Bonchev–Trinajstić information content (AvgIpc) is 2.90. The van der Waals surface area contributed by atoms with Crippen molar-refractivity contribution < 1.29 is 27.6 Å². The first-order valence-electron chi connectivity index (χ1n) is 11.6. The lowest BCUT2D eigenvalue weighted by Gasteiger charge is -2.41. The van der Waals surface area contributed by atoms with Crippen molar-refractivity contribution in [3.05, 3.63) is 60.4 Å². The fraction of sp³-hybridized carbons (Fsp3) is 0.375. The summed E-state index contributed by atoms with van der Waals surface area (Å²) >= 11 is 0. The van der Waals surface area contributed by atoms with Crippen molar-refractivity contribution in [2.45, 2.75) is 29.8 Å². The third-order valence-corrected chi connectivity index (χ3v) is 7.84. The summed E-state index contributed by atoms with van der Waals surface area (Å²) in [6.07, 6.45) is 4.06. The van der Waals surface area contributed by atoms with Crippen LogP contribution in [0.3, 0.4) is 0 Å². The highest BCUT2D eigenvalue weighted by molar-refractivity contribution is 7.92. The Morgan fingerprint density at radius 3 is 2.56 bits per heavy atom. The van der Waals surface area contributed by atoms with Gasteiger partial charge in [-0.05, 0) is 37.1 Å². The van der Waals surface area contributed by atoms with E-state index < -0.39 is 45.4 Å². The van der Waals surface area contributed by atoms with Gasteiger partial charge in [-0.3, -0.25) is 24.2 Å². The molecular formula is C24H27N5O6S. The van der Waals surface area contributed by atoms with Crippen LogP contribution in [0.4, 0.5) is 0 Å². The Bertz CT molecular complexity index is 1240. The van der Waals surface area contributed by atoms with Crippen molar-refractivity contribution >= 4 is 33.5 Å². The molecule has 11 nitrogen and oxygen atoms in total. The molecule has 0 bridgehead atoms. The number of aromatic nitrogens is 1. The number of nitrogens with one attached hydrogen (secondary N) is 2. The first kappa shape index (κ1) is 25.3. The smallest absolute Gasteiger partial charge is 0.256 e. The summed E-state index contributed by atoms with van der Waals surface area (Å²) in [4.78, 5) is 58.2. The molecule has 1 aromatic heterocycles. The summed E-state index contributed by atoms with van der Waals surface area (Å²) in [5, 5.41) is 5.39. The minimum atomic E-state index is -3.88. The van der Waals surface area contributed by atoms with Gasteiger partial charge in [0.25, 0.3) is 5.91 Å². The molecule has 190 valence electrons. The Kier molecular flexibility index (Phi) is 7.63. The normalized spacial score (nSPS) is 20.4. The molecule has 2 aromatic rings. The quantitative estimate of drug-likeness (QED) is 0.535. The molecule has 36 heavy (non-hydrogen) atoms. The Morgan fingerprint density at radius 2 is 1.86 bits per heavy atom. The van der Waals surface area contributed by atoms with E-state index in [4.69, 9.17) is 0 Å². The molecule has 4 amide bonds. The van der Waals surface area contributed by atoms with E-state index in [1.807, 2.05) is 0 Å². The number of hydrogen-bond acceptors (Lipinski definition) is 7. The molecule has 2 atom stereocenters. The number of rotatable bonds is 6. The van der Waals surface area contributed by atoms with Gasteiger partial charge in [0.1, 0.15) is 17.8 Å². The molecule has 12 heteroatoms. The molecule has 2 N–H and O–H groups in total. The molecule has 2 fully saturated rings. The lowest BCUT2D eigenvalue weighted by atomic mass is 10.0. The van der Waals surface area contributed by atoms with Crippen LogP contribution >= 0.6 is 0 Å². The number of piperazine rings is 1. The monoisotopic (exact) mass is 513 g/mol. The van der Waals surface area contributed by atoms with Crippen molar-refractivity contribution in [2.24, 2.45) is 0 Å². The topological polar surface area (TPSA) is 146 Å². The van der Waals surface area contributed by atoms with Crippen LogP contribution in [0.1, 0.15) is 23.2 Å². The number of nitrogens with zero attached hydrogens (tertiary/aromatic N) is 3. The lowest BCUT2D eigenvalue weighted by molar-refractivity contribution is -0.137. The standard InChI is InChI=1S/C24H27N5O6S/c30-21(16-36(34,35)18-7-2-1-3-8-18)28-12-13-29(24(33)17-6-4-10-25-14-17)20(15-28)23(32)27-19-9-5-11-26-22(19)31/h1-4,6-8,10,14,19-20H,5,9,11-13,15-16H2,(H,26,31)(H,27,32). The number of pyridine rings is 1. The molecule has 2 saturated heterocycles. The van der Waals surface area contributed by atoms with Crippen molar-refractivity contribution in [1.82, 2.24) is 25.4 Å². The second kappa shape index (κ2) is 10.9. The second-order valence-corrected chi connectivity index (χ2v) is 10.7. The van der Waals surface area contributed by atoms with E-state index in [9.17, 15) is 27.6 Å². The molecule has 4 rings (SSSR count). The van der Waals surface area contributed by atoms with Gasteiger partial charge in [-0.1, -0.05) is 18.2 Å². The Labute approximate surface area is 208 Å². The fourth-order valence-electron chi connectivity index (χ4n) is 4.27. The highest BCUT2D eigenvalue weighted by Gasteiger charge is 2.39. The Morgan fingerprint density at radius 1 is 1.08 bits per heavy atom. The molecule has 0 saturated carbocycles. The predicted octanol–water partition coefficient (Wildman–Crippen LogP) is -0.397. The fourth-order valence-corrected chi connectivity index (χ4v) is 5.52. The summed E-state index contributed by atoms with van der Waals surface area (Å²) < 4.78 is 25.4. The summed E-state index contributed by atoms with van der Waals surface area (Å²) in [7, 11) is -3.88. The molecule has 2 unspecified atom stereocenters. The number of sulfone groups is 1. The van der Waals surface area contributed by atoms with Gasteiger partial charge in [0, 0.05) is 32.0 Å². The van der Waals surface area contributed by atoms with E-state index in [0.717, 1.165) is 0 Å². The van der Waals surface area contributed by atoms with E-state index in [0.29, 0.717) is 19.4 Å². The zero-order chi connectivity index (χ0) is 25.7. The van der Waals surface area contributed by atoms with Crippen molar-refractivity contribution in [3.63, 3.8) is 0 Å². The van der Waals surface area contributed by atoms with Crippen molar-refractivity contribution in [2.75, 3.05) is 31.9 Å². The predicted molar refractivity (Wildman–Crippen MR) is 128 cm³/mol. The van der Waals surface area contributed by atoms with Gasteiger partial charge in [0.15, 0.2) is 9.84 Å². The maximum atomic E-state index is 13.3. The molecule has 2 aliphatic heterocycles. The number of carbonyl (C=O) groups is 4. The zero-order valence-corrected chi connectivity index (χ0v) is 20.3. The summed E-state index contributed by atoms with van der Waals surface area (Å²) in [5.41, 5.74) is 0.275. The van der Waals surface area contributed by atoms with Crippen LogP contribution < -0.4 is 10.6 Å². The maximum absolute atomic E-state index is 13.3. The van der Waals surface area contributed by atoms with Crippen LogP contribution in [0.2, 0.25) is 0 Å². The molecule has 0 spiro atoms. The van der Waals surface area contributed by atoms with E-state index in [1.165, 1.54) is 34.3 Å². The van der Waals surface area contributed by atoms with Gasteiger partial charge in [0.2, 0.25) is 17.7 Å². The zero-order valence-electron chi connectivity index (χ0n) is 19.5. The van der Waals surface area contributed by atoms with Crippen LogP contribution in [-0.4, -0.2) is 90.8 Å². The second-order valence-electron chi connectivity index (χ2n) is 8.66. The maximum Gasteiger partial charge on any atom is 0.256 e. The van der Waals surface area contributed by atoms with E-state index >= 15 is 0 Å². The van der Waals surface area contributed by atoms with Gasteiger partial charge in [-0.25, -0.2) is 8.42 Å². The number of carbonyl (C=O) groups excluding carboxylic acids is 4. The van der Waals surface area contributed by atoms with E-state index in [-0.39, 0.29) is 36.0 Å². The number of piperidine rings is 1. The first-order chi connectivity index (χ1) is 17.3. The van der Waals surface area contributed by atoms with Gasteiger partial charge in [-0.2, -0.15) is 0 Å². The highest BCUT2D eigenvalue weighted by Crippen LogP contribution is 2.18. The third kappa shape index (κ3) is 5.70. The largest absolute Gasteiger partial charge is 0.354 e. The van der Waals surface area contributed by atoms with Crippen LogP contribution in [-0.2, 0) is 24.2 Å². The third-order valence-electron chi connectivity index (χ3n) is 6.22. The molecular weight excluding hydrogens is 486 g/mol. The van der Waals surface area contributed by atoms with Crippen LogP contribution in [0.15, 0.2) is 59.8 Å². The molecule has 3 heterocycles. The van der Waals surface area contributed by atoms with Gasteiger partial charge < -0.3 is 20.4 Å². The van der Waals surface area contributed by atoms with Crippen LogP contribution in [0.25, 0.3) is 0 Å². The molecule has 1 aromatic carbocycles. The number of amides is 4. The lowest BCUT2D eigenvalue weighted by Crippen LogP contribution is -2.64. The molecule has 0 radical (unpaired) electrons. The van der Waals surface area contributed by atoms with Crippen molar-refractivity contribution in [1.29, 1.82) is 0 Å². The number of hydrogen-bond donors (Lipinski definition) is 2. The van der Waals surface area contributed by atoms with Crippen LogP contribution in [0.5, 0.6) is 0 Å². The van der Waals surface area contributed by atoms with Gasteiger partial charge >= 0.3 is 0 Å². The first-order valence-corrected chi connectivity index (χ1v) is 13.3. The van der Waals surface area contributed by atoms with E-state index in [1.54, 1.807) is 30.3 Å². The summed E-state index contributed by atoms with van der Waals surface area (Å²) in [6, 6.07) is 8.97. The SMILES string of the molecule is O=C1NCCCC1NC(=O)C1CN(C(=O)CS(=O)(=O)c2ccccc2)CCN1C(=O)c1cccnc1. The minimum Gasteiger partial charge on any atom is -0.354 e. The molecule has 2 aliphatic rings. The highest BCUT2D eigenvalue weighted by atomic mass is 32.2. The summed E-state index contributed by atoms with van der Waals surface area (Å²) in [6.45, 7) is 0.399. The van der Waals surface area contributed by atoms with E-state index in [2.05, 4.69) is 15.6 Å². The Hall–Kier alpha value is -3.80.